The first-order valence-electron chi connectivity index (χ1n) is 7.64. The Kier molecular flexibility index (Phi) is 4.02. The van der Waals surface area contributed by atoms with Gasteiger partial charge in [-0.05, 0) is 43.6 Å². The number of hydrogen-bond donors (Lipinski definition) is 1. The zero-order valence-electron chi connectivity index (χ0n) is 11.8. The highest BCUT2D eigenvalue weighted by Crippen LogP contribution is 2.26. The first kappa shape index (κ1) is 12.9. The zero-order chi connectivity index (χ0) is 13.1. The lowest BCUT2D eigenvalue weighted by atomic mass is 9.89. The summed E-state index contributed by atoms with van der Waals surface area (Å²) in [5.74, 6) is 1.58. The van der Waals surface area contributed by atoms with E-state index in [4.69, 9.17) is 4.74 Å². The summed E-state index contributed by atoms with van der Waals surface area (Å²) in [5.41, 5.74) is 1.25. The summed E-state index contributed by atoms with van der Waals surface area (Å²) >= 11 is 0. The summed E-state index contributed by atoms with van der Waals surface area (Å²) in [6.45, 7) is 3.24. The van der Waals surface area contributed by atoms with Crippen LogP contribution in [0.2, 0.25) is 0 Å². The van der Waals surface area contributed by atoms with Gasteiger partial charge in [0.05, 0.1) is 0 Å². The third-order valence-corrected chi connectivity index (χ3v) is 4.15. The molecule has 3 heteroatoms. The number of hydrogen-bond acceptors (Lipinski definition) is 3. The van der Waals surface area contributed by atoms with Gasteiger partial charge in [0.2, 0.25) is 5.88 Å². The monoisotopic (exact) mass is 260 g/mol. The van der Waals surface area contributed by atoms with Crippen molar-refractivity contribution < 1.29 is 4.74 Å². The Hall–Kier alpha value is -1.09. The van der Waals surface area contributed by atoms with Gasteiger partial charge >= 0.3 is 0 Å². The van der Waals surface area contributed by atoms with Crippen molar-refractivity contribution in [3.8, 4) is 5.88 Å². The summed E-state index contributed by atoms with van der Waals surface area (Å²) in [4.78, 5) is 4.43. The molecule has 0 radical (unpaired) electrons. The Labute approximate surface area is 115 Å². The maximum atomic E-state index is 5.99. The Morgan fingerprint density at radius 3 is 2.84 bits per heavy atom. The Morgan fingerprint density at radius 1 is 1.26 bits per heavy atom. The minimum Gasteiger partial charge on any atom is -0.474 e. The fourth-order valence-electron chi connectivity index (χ4n) is 2.79. The van der Waals surface area contributed by atoms with E-state index in [9.17, 15) is 0 Å². The molecule has 0 aromatic carbocycles. The summed E-state index contributed by atoms with van der Waals surface area (Å²) in [5, 5.41) is 3.50. The SMILES string of the molecule is CC1CCCC(Oc2ccc(CNC3CC3)cn2)C1. The van der Waals surface area contributed by atoms with E-state index in [2.05, 4.69) is 23.3 Å². The minimum absolute atomic E-state index is 0.367. The van der Waals surface area contributed by atoms with Crippen molar-refractivity contribution in [2.24, 2.45) is 5.92 Å². The number of nitrogens with one attached hydrogen (secondary N) is 1. The highest BCUT2D eigenvalue weighted by molar-refractivity contribution is 5.18. The third kappa shape index (κ3) is 3.93. The van der Waals surface area contributed by atoms with Crippen LogP contribution in [0.4, 0.5) is 0 Å². The summed E-state index contributed by atoms with van der Waals surface area (Å²) in [7, 11) is 0. The topological polar surface area (TPSA) is 34.1 Å². The van der Waals surface area contributed by atoms with Gasteiger partial charge < -0.3 is 10.1 Å². The largest absolute Gasteiger partial charge is 0.474 e. The molecule has 3 nitrogen and oxygen atoms in total. The van der Waals surface area contributed by atoms with Gasteiger partial charge in [0, 0.05) is 24.8 Å². The second-order valence-electron chi connectivity index (χ2n) is 6.17. The molecule has 0 amide bonds. The third-order valence-electron chi connectivity index (χ3n) is 4.15. The molecule has 0 bridgehead atoms. The molecule has 19 heavy (non-hydrogen) atoms. The molecule has 2 aliphatic rings. The van der Waals surface area contributed by atoms with Crippen LogP contribution in [0.25, 0.3) is 0 Å². The fourth-order valence-corrected chi connectivity index (χ4v) is 2.79. The molecule has 1 aromatic heterocycles. The number of pyridine rings is 1. The molecule has 104 valence electrons. The lowest BCUT2D eigenvalue weighted by Crippen LogP contribution is -2.24. The molecule has 0 spiro atoms. The van der Waals surface area contributed by atoms with E-state index in [0.717, 1.165) is 24.4 Å². The number of aromatic nitrogens is 1. The molecule has 3 rings (SSSR count). The quantitative estimate of drug-likeness (QED) is 0.882. The number of nitrogens with zero attached hydrogens (tertiary/aromatic N) is 1. The van der Waals surface area contributed by atoms with Crippen LogP contribution >= 0.6 is 0 Å². The lowest BCUT2D eigenvalue weighted by Gasteiger charge is -2.26. The van der Waals surface area contributed by atoms with Crippen LogP contribution < -0.4 is 10.1 Å². The summed E-state index contributed by atoms with van der Waals surface area (Å²) in [6, 6.07) is 4.90. The van der Waals surface area contributed by atoms with Crippen LogP contribution in [0, 0.1) is 5.92 Å². The van der Waals surface area contributed by atoms with E-state index in [1.165, 1.54) is 44.1 Å². The molecule has 1 heterocycles. The minimum atomic E-state index is 0.367. The van der Waals surface area contributed by atoms with Gasteiger partial charge in [-0.15, -0.1) is 0 Å². The molecular formula is C16H24N2O. The van der Waals surface area contributed by atoms with Crippen LogP contribution in [0.15, 0.2) is 18.3 Å². The van der Waals surface area contributed by atoms with Crippen molar-refractivity contribution >= 4 is 0 Å². The average Bonchev–Trinajstić information content (AvgIpc) is 3.22. The second kappa shape index (κ2) is 5.91. The molecule has 2 unspecified atom stereocenters. The van der Waals surface area contributed by atoms with Crippen molar-refractivity contribution in [1.82, 2.24) is 10.3 Å². The van der Waals surface area contributed by atoms with E-state index in [1.807, 2.05) is 12.3 Å². The zero-order valence-corrected chi connectivity index (χ0v) is 11.8. The van der Waals surface area contributed by atoms with Crippen LogP contribution in [0.5, 0.6) is 5.88 Å². The van der Waals surface area contributed by atoms with Gasteiger partial charge in [-0.2, -0.15) is 0 Å². The molecular weight excluding hydrogens is 236 g/mol. The maximum Gasteiger partial charge on any atom is 0.213 e. The van der Waals surface area contributed by atoms with Gasteiger partial charge in [0.15, 0.2) is 0 Å². The summed E-state index contributed by atoms with van der Waals surface area (Å²) < 4.78 is 5.99. The molecule has 2 atom stereocenters. The van der Waals surface area contributed by atoms with Gasteiger partial charge in [0.25, 0.3) is 0 Å². The predicted octanol–water partition coefficient (Wildman–Crippen LogP) is 3.29. The molecule has 0 saturated heterocycles. The van der Waals surface area contributed by atoms with E-state index in [1.54, 1.807) is 0 Å². The normalized spacial score (nSPS) is 27.2. The van der Waals surface area contributed by atoms with Gasteiger partial charge in [-0.25, -0.2) is 4.98 Å². The standard InChI is InChI=1S/C16H24N2O/c1-12-3-2-4-15(9-12)19-16-8-5-13(11-18-16)10-17-14-6-7-14/h5,8,11-12,14-15,17H,2-4,6-7,9-10H2,1H3. The van der Waals surface area contributed by atoms with Crippen molar-refractivity contribution in [1.29, 1.82) is 0 Å². The van der Waals surface area contributed by atoms with Crippen LogP contribution in [-0.4, -0.2) is 17.1 Å². The van der Waals surface area contributed by atoms with E-state index < -0.39 is 0 Å². The van der Waals surface area contributed by atoms with E-state index in [0.29, 0.717) is 6.10 Å². The summed E-state index contributed by atoms with van der Waals surface area (Å²) in [6.07, 6.45) is 9.95. The predicted molar refractivity (Wildman–Crippen MR) is 76.1 cm³/mol. The Balaban J connectivity index is 1.50. The molecule has 2 aliphatic carbocycles. The second-order valence-corrected chi connectivity index (χ2v) is 6.17. The van der Waals surface area contributed by atoms with Crippen LogP contribution in [0.1, 0.15) is 51.0 Å². The van der Waals surface area contributed by atoms with E-state index >= 15 is 0 Å². The Bertz CT molecular complexity index is 400. The number of ether oxygens (including phenoxy) is 1. The highest BCUT2D eigenvalue weighted by atomic mass is 16.5. The molecule has 0 aliphatic heterocycles. The Morgan fingerprint density at radius 2 is 2.16 bits per heavy atom. The van der Waals surface area contributed by atoms with Gasteiger partial charge in [-0.3, -0.25) is 0 Å². The van der Waals surface area contributed by atoms with Crippen molar-refractivity contribution in [2.45, 2.75) is 64.1 Å². The van der Waals surface area contributed by atoms with Crippen LogP contribution in [-0.2, 0) is 6.54 Å². The van der Waals surface area contributed by atoms with Gasteiger partial charge in [-0.1, -0.05) is 19.4 Å². The van der Waals surface area contributed by atoms with Crippen LogP contribution in [0.3, 0.4) is 0 Å². The molecule has 1 aromatic rings. The van der Waals surface area contributed by atoms with Crippen molar-refractivity contribution in [2.75, 3.05) is 0 Å². The number of rotatable bonds is 5. The first-order valence-corrected chi connectivity index (χ1v) is 7.64. The lowest BCUT2D eigenvalue weighted by molar-refractivity contribution is 0.124. The molecule has 1 N–H and O–H groups in total. The van der Waals surface area contributed by atoms with Gasteiger partial charge in [0.1, 0.15) is 6.10 Å². The molecule has 2 fully saturated rings. The fraction of sp³-hybridized carbons (Fsp3) is 0.688. The maximum absolute atomic E-state index is 5.99. The average molecular weight is 260 g/mol. The van der Waals surface area contributed by atoms with Crippen molar-refractivity contribution in [3.05, 3.63) is 23.9 Å². The highest BCUT2D eigenvalue weighted by Gasteiger charge is 2.21. The first-order chi connectivity index (χ1) is 9.29. The molecule has 2 saturated carbocycles. The smallest absolute Gasteiger partial charge is 0.213 e. The van der Waals surface area contributed by atoms with Crippen molar-refractivity contribution in [3.63, 3.8) is 0 Å². The van der Waals surface area contributed by atoms with E-state index in [-0.39, 0.29) is 0 Å².